The van der Waals surface area contributed by atoms with Crippen LogP contribution in [0.5, 0.6) is 34.5 Å². The lowest BCUT2D eigenvalue weighted by Crippen LogP contribution is -2.15. The number of ether oxygens (including phenoxy) is 6. The van der Waals surface area contributed by atoms with Crippen molar-refractivity contribution >= 4 is 22.6 Å². The number of aromatic carboxylic acids is 1. The summed E-state index contributed by atoms with van der Waals surface area (Å²) in [5, 5.41) is 9.10. The molecule has 0 bridgehead atoms. The molecule has 2 aromatic carbocycles. The highest BCUT2D eigenvalue weighted by molar-refractivity contribution is 5.98. The first-order valence-electron chi connectivity index (χ1n) is 9.36. The number of fused-ring (bicyclic) bond motifs is 1. The number of methoxy groups -OCH3 is 6. The van der Waals surface area contributed by atoms with Crippen LogP contribution in [0.2, 0.25) is 0 Å². The fraction of sp³-hybridized carbons (Fsp3) is 0.286. The van der Waals surface area contributed by atoms with Crippen molar-refractivity contribution in [2.45, 2.75) is 0 Å². The number of carboxylic acid groups (broad SMARTS) is 1. The van der Waals surface area contributed by atoms with E-state index in [1.165, 1.54) is 54.8 Å². The lowest BCUT2D eigenvalue weighted by molar-refractivity contribution is 0.0693. The van der Waals surface area contributed by atoms with Gasteiger partial charge in [0.25, 0.3) is 0 Å². The van der Waals surface area contributed by atoms with Gasteiger partial charge in [0, 0.05) is 12.1 Å². The van der Waals surface area contributed by atoms with Gasteiger partial charge in [0.1, 0.15) is 10.9 Å². The highest BCUT2D eigenvalue weighted by atomic mass is 16.5. The van der Waals surface area contributed by atoms with Gasteiger partial charge in [0.05, 0.1) is 53.9 Å². The summed E-state index contributed by atoms with van der Waals surface area (Å²) in [6.07, 6.45) is 0. The minimum absolute atomic E-state index is 0.0480. The Morgan fingerprint density at radius 2 is 1.32 bits per heavy atom. The average molecular weight is 480 g/mol. The summed E-state index contributed by atoms with van der Waals surface area (Å²) in [4.78, 5) is 36.2. The Balaban J connectivity index is 0.000000242. The molecular weight excluding hydrogens is 456 g/mol. The van der Waals surface area contributed by atoms with Crippen molar-refractivity contribution in [2.75, 3.05) is 48.4 Å². The van der Waals surface area contributed by atoms with E-state index in [-0.39, 0.29) is 45.2 Å². The van der Waals surface area contributed by atoms with Crippen molar-refractivity contribution in [3.05, 3.63) is 38.7 Å². The molecule has 0 amide bonds. The molecule has 3 aromatic rings. The Kier molecular flexibility index (Phi) is 8.20. The van der Waals surface area contributed by atoms with E-state index in [0.29, 0.717) is 11.5 Å². The first-order valence-corrected chi connectivity index (χ1v) is 9.36. The van der Waals surface area contributed by atoms with Crippen LogP contribution in [0, 0.1) is 0 Å². The number of nitrogens with one attached hydrogen (secondary N) is 1. The van der Waals surface area contributed by atoms with Gasteiger partial charge in [0.15, 0.2) is 23.0 Å². The number of aromatic nitrogens is 1. The Hall–Kier alpha value is -4.55. The van der Waals surface area contributed by atoms with E-state index in [9.17, 15) is 14.4 Å². The quantitative estimate of drug-likeness (QED) is 0.415. The molecule has 0 radical (unpaired) electrons. The van der Waals surface area contributed by atoms with Crippen LogP contribution in [0.25, 0.3) is 10.9 Å². The largest absolute Gasteiger partial charge is 0.493 e. The smallest absolute Gasteiger partial charge is 0.419 e. The van der Waals surface area contributed by atoms with Crippen LogP contribution in [0.1, 0.15) is 10.4 Å². The summed E-state index contributed by atoms with van der Waals surface area (Å²) in [5.74, 6) is -0.714. The van der Waals surface area contributed by atoms with Gasteiger partial charge < -0.3 is 43.7 Å². The molecule has 13 heteroatoms. The Morgan fingerprint density at radius 1 is 0.824 bits per heavy atom. The standard InChI is InChI=1S/C11H11NO6.C10H13NO5/c1-15-6-4-5-7(9(17-3)8(6)16-2)10(13)18-11(14)12-5;1-14-6-4-5(11)7(10(12)13)9(16-3)8(6)15-2/h4H,1-3H3,(H,12,14);4H,11H2,1-3H3,(H,12,13). The molecule has 0 aliphatic rings. The van der Waals surface area contributed by atoms with E-state index in [2.05, 4.69) is 9.40 Å². The molecule has 0 unspecified atom stereocenters. The third-order valence-electron chi connectivity index (χ3n) is 4.53. The number of nitrogen functional groups attached to an aromatic ring is 1. The maximum absolute atomic E-state index is 11.7. The highest BCUT2D eigenvalue weighted by Gasteiger charge is 2.24. The summed E-state index contributed by atoms with van der Waals surface area (Å²) >= 11 is 0. The Bertz CT molecular complexity index is 1310. The molecule has 1 heterocycles. The number of anilines is 1. The highest BCUT2D eigenvalue weighted by Crippen LogP contribution is 2.43. The number of rotatable bonds is 7. The topological polar surface area (TPSA) is 182 Å². The predicted octanol–water partition coefficient (Wildman–Crippen LogP) is 1.50. The molecule has 0 saturated heterocycles. The number of aromatic amines is 1. The van der Waals surface area contributed by atoms with Crippen molar-refractivity contribution in [2.24, 2.45) is 0 Å². The third-order valence-corrected chi connectivity index (χ3v) is 4.53. The molecule has 0 saturated carbocycles. The molecule has 4 N–H and O–H groups in total. The van der Waals surface area contributed by atoms with Crippen LogP contribution in [0.4, 0.5) is 5.69 Å². The first kappa shape index (κ1) is 25.7. The molecule has 3 rings (SSSR count). The summed E-state index contributed by atoms with van der Waals surface area (Å²) in [7, 11) is 8.38. The van der Waals surface area contributed by atoms with Crippen molar-refractivity contribution in [1.82, 2.24) is 4.98 Å². The van der Waals surface area contributed by atoms with Crippen LogP contribution in [0.15, 0.2) is 26.1 Å². The molecule has 1 aromatic heterocycles. The van der Waals surface area contributed by atoms with E-state index in [1.54, 1.807) is 0 Å². The number of carboxylic acids is 1. The van der Waals surface area contributed by atoms with Gasteiger partial charge >= 0.3 is 17.4 Å². The molecule has 0 aliphatic heterocycles. The SMILES string of the molecule is COc1cc(N)c(C(=O)O)c(OC)c1OC.COc1cc2[nH]c(=O)oc(=O)c2c(OC)c1OC. The van der Waals surface area contributed by atoms with E-state index in [0.717, 1.165) is 0 Å². The van der Waals surface area contributed by atoms with Crippen molar-refractivity contribution in [3.63, 3.8) is 0 Å². The fourth-order valence-corrected chi connectivity index (χ4v) is 3.12. The molecule has 34 heavy (non-hydrogen) atoms. The van der Waals surface area contributed by atoms with Crippen molar-refractivity contribution in [3.8, 4) is 34.5 Å². The average Bonchev–Trinajstić information content (AvgIpc) is 2.81. The van der Waals surface area contributed by atoms with Crippen LogP contribution in [-0.2, 0) is 0 Å². The molecule has 13 nitrogen and oxygen atoms in total. The van der Waals surface area contributed by atoms with Gasteiger partial charge in [-0.15, -0.1) is 0 Å². The van der Waals surface area contributed by atoms with Crippen molar-refractivity contribution < 1.29 is 42.7 Å². The van der Waals surface area contributed by atoms with Gasteiger partial charge in [-0.3, -0.25) is 4.98 Å². The second-order valence-electron chi connectivity index (χ2n) is 6.28. The monoisotopic (exact) mass is 480 g/mol. The van der Waals surface area contributed by atoms with Gasteiger partial charge in [0.2, 0.25) is 11.5 Å². The maximum Gasteiger partial charge on any atom is 0.419 e. The van der Waals surface area contributed by atoms with Crippen LogP contribution in [0.3, 0.4) is 0 Å². The summed E-state index contributed by atoms with van der Waals surface area (Å²) in [6, 6.07) is 2.85. The number of nitrogens with two attached hydrogens (primary N) is 1. The van der Waals surface area contributed by atoms with E-state index >= 15 is 0 Å². The minimum atomic E-state index is -1.18. The van der Waals surface area contributed by atoms with Crippen molar-refractivity contribution in [1.29, 1.82) is 0 Å². The Labute approximate surface area is 192 Å². The number of H-pyrrole nitrogens is 1. The molecule has 0 spiro atoms. The van der Waals surface area contributed by atoms with Gasteiger partial charge in [-0.1, -0.05) is 0 Å². The van der Waals surface area contributed by atoms with Crippen LogP contribution >= 0.6 is 0 Å². The summed E-state index contributed by atoms with van der Waals surface area (Å²) in [6.45, 7) is 0. The normalized spacial score (nSPS) is 10.1. The summed E-state index contributed by atoms with van der Waals surface area (Å²) in [5.41, 5.74) is 4.98. The fourth-order valence-electron chi connectivity index (χ4n) is 3.12. The second kappa shape index (κ2) is 10.8. The minimum Gasteiger partial charge on any atom is -0.493 e. The zero-order valence-corrected chi connectivity index (χ0v) is 19.3. The van der Waals surface area contributed by atoms with E-state index in [1.807, 2.05) is 0 Å². The first-order chi connectivity index (χ1) is 16.2. The molecule has 0 aliphatic carbocycles. The molecule has 0 atom stereocenters. The van der Waals surface area contributed by atoms with Gasteiger partial charge in [-0.25, -0.2) is 14.4 Å². The number of hydrogen-bond donors (Lipinski definition) is 3. The maximum atomic E-state index is 11.7. The number of benzene rings is 2. The summed E-state index contributed by atoms with van der Waals surface area (Å²) < 4.78 is 34.9. The van der Waals surface area contributed by atoms with Crippen LogP contribution in [-0.4, -0.2) is 58.7 Å². The Morgan fingerprint density at radius 3 is 1.79 bits per heavy atom. The van der Waals surface area contributed by atoms with Gasteiger partial charge in [-0.2, -0.15) is 0 Å². The zero-order chi connectivity index (χ0) is 25.6. The predicted molar refractivity (Wildman–Crippen MR) is 120 cm³/mol. The van der Waals surface area contributed by atoms with E-state index in [4.69, 9.17) is 39.3 Å². The van der Waals surface area contributed by atoms with E-state index < -0.39 is 17.4 Å². The molecule has 0 fully saturated rings. The third kappa shape index (κ3) is 4.77. The molecule has 184 valence electrons. The van der Waals surface area contributed by atoms with Crippen LogP contribution < -0.4 is 45.5 Å². The lowest BCUT2D eigenvalue weighted by atomic mass is 10.1. The zero-order valence-electron chi connectivity index (χ0n) is 19.3. The lowest BCUT2D eigenvalue weighted by Gasteiger charge is -2.15. The second-order valence-corrected chi connectivity index (χ2v) is 6.28. The number of hydrogen-bond acceptors (Lipinski definition) is 11. The number of carbonyl (C=O) groups is 1. The molecular formula is C21H24N2O11. The van der Waals surface area contributed by atoms with Gasteiger partial charge in [-0.05, 0) is 0 Å².